The Kier molecular flexibility index (Phi) is 19.7. The van der Waals surface area contributed by atoms with E-state index < -0.39 is 22.5 Å². The number of hydrogen-bond donors (Lipinski definition) is 6. The van der Waals surface area contributed by atoms with E-state index in [4.69, 9.17) is 10.2 Å². The first kappa shape index (κ1) is 30.7. The van der Waals surface area contributed by atoms with Gasteiger partial charge in [-0.3, -0.25) is 19.6 Å². The summed E-state index contributed by atoms with van der Waals surface area (Å²) in [6, 6.07) is 0. The average Bonchev–Trinajstić information content (AvgIpc) is 2.40. The molecule has 2 aromatic rings. The minimum absolute atomic E-state index is 0. The van der Waals surface area contributed by atoms with Crippen molar-refractivity contribution in [1.29, 1.82) is 0 Å². The molecule has 0 aliphatic heterocycles. The van der Waals surface area contributed by atoms with Gasteiger partial charge in [-0.1, -0.05) is 0 Å². The molecular weight excluding hydrogens is 548 g/mol. The number of aromatic nitrogens is 4. The molecule has 134 valence electrons. The van der Waals surface area contributed by atoms with Crippen LogP contribution in [0.3, 0.4) is 0 Å². The Morgan fingerprint density at radius 1 is 0.708 bits per heavy atom. The number of hydrogen-bond acceptors (Lipinski definition) is 6. The second-order valence-corrected chi connectivity index (χ2v) is 3.51. The maximum absolute atomic E-state index is 10.6. The molecule has 10 N–H and O–H groups in total. The number of H-pyrrole nitrogens is 4. The first-order valence-corrected chi connectivity index (χ1v) is 5.31. The monoisotopic (exact) mass is 562 g/mol. The molecule has 2 rings (SSSR count). The van der Waals surface area contributed by atoms with Crippen LogP contribution in [0.1, 0.15) is 11.1 Å². The molecule has 2 heterocycles. The third-order valence-electron chi connectivity index (χ3n) is 2.13. The summed E-state index contributed by atoms with van der Waals surface area (Å²) >= 11 is 0. The molecule has 0 aliphatic carbocycles. The third kappa shape index (κ3) is 9.86. The summed E-state index contributed by atoms with van der Waals surface area (Å²) < 4.78 is 0. The minimum atomic E-state index is -0.567. The second-order valence-electron chi connectivity index (χ2n) is 3.51. The Balaban J connectivity index is -0.000000143. The normalized spacial score (nSPS) is 8.08. The van der Waals surface area contributed by atoms with Crippen LogP contribution in [0, 0.1) is 0 Å². The van der Waals surface area contributed by atoms with E-state index in [0.717, 1.165) is 0 Å². The van der Waals surface area contributed by atoms with Crippen LogP contribution < -0.4 is 22.5 Å². The van der Waals surface area contributed by atoms with Crippen LogP contribution in [0.15, 0.2) is 31.6 Å². The number of aliphatic hydroxyl groups excluding tert-OH is 2. The number of aliphatic hydroxyl groups is 2. The topological polar surface area (TPSA) is 235 Å². The van der Waals surface area contributed by atoms with E-state index >= 15 is 0 Å². The molecular formula is C10H16N4O8Sb2. The smallest absolute Gasteiger partial charge is 0.325 e. The molecule has 2 aromatic heterocycles. The Morgan fingerprint density at radius 3 is 1.21 bits per heavy atom. The third-order valence-corrected chi connectivity index (χ3v) is 2.13. The van der Waals surface area contributed by atoms with Gasteiger partial charge in [0.15, 0.2) is 0 Å². The van der Waals surface area contributed by atoms with Crippen LogP contribution in [0.25, 0.3) is 0 Å². The predicted octanol–water partition coefficient (Wildman–Crippen LogP) is -5.30. The van der Waals surface area contributed by atoms with Crippen molar-refractivity contribution < 1.29 is 21.2 Å². The van der Waals surface area contributed by atoms with Crippen molar-refractivity contribution in [3.63, 3.8) is 0 Å². The second kappa shape index (κ2) is 15.4. The van der Waals surface area contributed by atoms with Crippen LogP contribution in [0.5, 0.6) is 0 Å². The van der Waals surface area contributed by atoms with Gasteiger partial charge in [0.1, 0.15) is 0 Å². The van der Waals surface area contributed by atoms with Crippen LogP contribution >= 0.6 is 0 Å². The summed E-state index contributed by atoms with van der Waals surface area (Å²) in [4.78, 5) is 50.4. The van der Waals surface area contributed by atoms with Crippen LogP contribution in [-0.4, -0.2) is 90.0 Å². The Morgan fingerprint density at radius 2 is 1.00 bits per heavy atom. The molecule has 14 heteroatoms. The van der Waals surface area contributed by atoms with Crippen molar-refractivity contribution in [2.24, 2.45) is 0 Å². The fraction of sp³-hybridized carbons (Fsp3) is 0.200. The average molecular weight is 564 g/mol. The van der Waals surface area contributed by atoms with E-state index in [1.54, 1.807) is 0 Å². The molecule has 0 amide bonds. The van der Waals surface area contributed by atoms with E-state index in [0.29, 0.717) is 0 Å². The molecule has 12 nitrogen and oxygen atoms in total. The van der Waals surface area contributed by atoms with Gasteiger partial charge in [0.25, 0.3) is 11.1 Å². The van der Waals surface area contributed by atoms with Crippen molar-refractivity contribution in [1.82, 2.24) is 19.9 Å². The number of rotatable bonds is 2. The van der Waals surface area contributed by atoms with E-state index in [2.05, 4.69) is 9.97 Å². The molecule has 24 heavy (non-hydrogen) atoms. The Hall–Kier alpha value is -1.16. The maximum atomic E-state index is 10.6. The molecule has 6 radical (unpaired) electrons. The zero-order valence-corrected chi connectivity index (χ0v) is 17.1. The predicted molar refractivity (Wildman–Crippen MR) is 85.9 cm³/mol. The fourth-order valence-electron chi connectivity index (χ4n) is 1.11. The molecule has 0 unspecified atom stereocenters. The molecule has 0 aromatic carbocycles. The maximum Gasteiger partial charge on any atom is 0.325 e. The van der Waals surface area contributed by atoms with Gasteiger partial charge >= 0.3 is 11.4 Å². The van der Waals surface area contributed by atoms with Crippen molar-refractivity contribution >= 4 is 48.9 Å². The van der Waals surface area contributed by atoms with Crippen molar-refractivity contribution in [2.75, 3.05) is 0 Å². The Bertz CT molecular complexity index is 729. The zero-order valence-electron chi connectivity index (χ0n) is 12.0. The quantitative estimate of drug-likeness (QED) is 0.195. The molecule has 0 atom stereocenters. The number of nitrogens with one attached hydrogen (secondary N) is 4. The first-order valence-electron chi connectivity index (χ1n) is 5.31. The summed E-state index contributed by atoms with van der Waals surface area (Å²) in [7, 11) is 0. The summed E-state index contributed by atoms with van der Waals surface area (Å²) in [5.41, 5.74) is -1.93. The first-order chi connectivity index (χ1) is 9.47. The van der Waals surface area contributed by atoms with Gasteiger partial charge in [0.2, 0.25) is 0 Å². The van der Waals surface area contributed by atoms with Gasteiger partial charge in [-0.05, 0) is 0 Å². The van der Waals surface area contributed by atoms with Crippen molar-refractivity contribution in [2.45, 2.75) is 13.2 Å². The molecule has 0 saturated heterocycles. The molecule has 0 saturated carbocycles. The summed E-state index contributed by atoms with van der Waals surface area (Å²) in [5.74, 6) is 0. The van der Waals surface area contributed by atoms with Gasteiger partial charge in [-0.2, -0.15) is 0 Å². The van der Waals surface area contributed by atoms with E-state index in [-0.39, 0.29) is 84.1 Å². The molecule has 0 spiro atoms. The van der Waals surface area contributed by atoms with E-state index in [1.165, 1.54) is 12.4 Å². The molecule has 0 fully saturated rings. The van der Waals surface area contributed by atoms with Crippen LogP contribution in [0.2, 0.25) is 0 Å². The molecule has 0 bridgehead atoms. The van der Waals surface area contributed by atoms with Crippen LogP contribution in [0.4, 0.5) is 0 Å². The summed E-state index contributed by atoms with van der Waals surface area (Å²) in [6.45, 7) is -0.738. The standard InChI is InChI=1S/2C5H6N2O3.2H2O.2Sb/c2*8-2-3-1-6-5(10)7-4(3)9;;;;/h2*1,8H,2H2,(H2,6,7,9,10);2*1H2;;. The van der Waals surface area contributed by atoms with Gasteiger partial charge < -0.3 is 31.1 Å². The van der Waals surface area contributed by atoms with Gasteiger partial charge in [0, 0.05) is 61.2 Å². The Labute approximate surface area is 167 Å². The zero-order chi connectivity index (χ0) is 15.1. The van der Waals surface area contributed by atoms with E-state index in [9.17, 15) is 19.2 Å². The van der Waals surface area contributed by atoms with Gasteiger partial charge in [0.05, 0.1) is 24.3 Å². The van der Waals surface area contributed by atoms with Crippen molar-refractivity contribution in [3.05, 3.63) is 65.2 Å². The molecule has 0 aliphatic rings. The van der Waals surface area contributed by atoms with Crippen molar-refractivity contribution in [3.8, 4) is 0 Å². The van der Waals surface area contributed by atoms with Gasteiger partial charge in [-0.15, -0.1) is 0 Å². The largest absolute Gasteiger partial charge is 0.412 e. The SMILES string of the molecule is O.O.O=c1[nH]cc(CO)c(=O)[nH]1.O=c1[nH]cc(CO)c(=O)[nH]1.[Sb].[Sb]. The van der Waals surface area contributed by atoms with Crippen LogP contribution in [-0.2, 0) is 13.2 Å². The fourth-order valence-corrected chi connectivity index (χ4v) is 1.11. The minimum Gasteiger partial charge on any atom is -0.412 e. The van der Waals surface area contributed by atoms with Gasteiger partial charge in [-0.25, -0.2) is 9.59 Å². The van der Waals surface area contributed by atoms with E-state index in [1.807, 2.05) is 9.97 Å². The summed E-state index contributed by atoms with van der Waals surface area (Å²) in [5, 5.41) is 16.9. The number of aromatic amines is 4. The summed E-state index contributed by atoms with van der Waals surface area (Å²) in [6.07, 6.45) is 2.36.